The van der Waals surface area contributed by atoms with Gasteiger partial charge in [0.1, 0.15) is 11.2 Å². The van der Waals surface area contributed by atoms with E-state index >= 15 is 0 Å². The van der Waals surface area contributed by atoms with Crippen molar-refractivity contribution in [3.05, 3.63) is 131 Å². The highest BCUT2D eigenvalue weighted by Crippen LogP contribution is 2.51. The van der Waals surface area contributed by atoms with E-state index in [9.17, 15) is 0 Å². The highest BCUT2D eigenvalue weighted by molar-refractivity contribution is 6.31. The van der Waals surface area contributed by atoms with Crippen molar-refractivity contribution in [2.75, 3.05) is 0 Å². The van der Waals surface area contributed by atoms with Crippen LogP contribution in [0.3, 0.4) is 0 Å². The fourth-order valence-corrected chi connectivity index (χ4v) is 5.64. The summed E-state index contributed by atoms with van der Waals surface area (Å²) in [5.74, 6) is 0.100. The standard InChI is InChI=1S/C31H19ClO/c32-21-17-27(31-25-12-6-7-13-28(25)33-29(31)18-21)30-23-11-5-4-10-22(23)26-16-20(14-15-24(26)30)19-8-2-1-3-9-19/h1-18,30H. The summed E-state index contributed by atoms with van der Waals surface area (Å²) in [5.41, 5.74) is 10.6. The van der Waals surface area contributed by atoms with Gasteiger partial charge in [0.25, 0.3) is 0 Å². The minimum Gasteiger partial charge on any atom is -0.456 e. The largest absolute Gasteiger partial charge is 0.456 e. The molecule has 7 rings (SSSR count). The number of benzene rings is 5. The van der Waals surface area contributed by atoms with E-state index in [0.717, 1.165) is 21.9 Å². The Morgan fingerprint density at radius 1 is 0.545 bits per heavy atom. The monoisotopic (exact) mass is 442 g/mol. The van der Waals surface area contributed by atoms with E-state index < -0.39 is 0 Å². The number of hydrogen-bond acceptors (Lipinski definition) is 1. The third kappa shape index (κ3) is 2.79. The quantitative estimate of drug-likeness (QED) is 0.260. The molecule has 1 aromatic heterocycles. The van der Waals surface area contributed by atoms with Crippen molar-refractivity contribution < 1.29 is 4.42 Å². The SMILES string of the molecule is Clc1cc(C2c3ccccc3-c3cc(-c4ccccc4)ccc32)c2c(c1)oc1ccccc12. The molecule has 1 atom stereocenters. The van der Waals surface area contributed by atoms with Crippen LogP contribution < -0.4 is 0 Å². The molecule has 1 unspecified atom stereocenters. The Labute approximate surface area is 196 Å². The summed E-state index contributed by atoms with van der Waals surface area (Å²) in [6, 6.07) is 38.5. The van der Waals surface area contributed by atoms with E-state index in [4.69, 9.17) is 16.0 Å². The summed E-state index contributed by atoms with van der Waals surface area (Å²) in [4.78, 5) is 0. The van der Waals surface area contributed by atoms with Gasteiger partial charge in [-0.3, -0.25) is 0 Å². The summed E-state index contributed by atoms with van der Waals surface area (Å²) < 4.78 is 6.20. The molecule has 0 saturated heterocycles. The van der Waals surface area contributed by atoms with Gasteiger partial charge in [0, 0.05) is 27.8 Å². The first-order valence-corrected chi connectivity index (χ1v) is 11.5. The highest BCUT2D eigenvalue weighted by atomic mass is 35.5. The topological polar surface area (TPSA) is 13.1 Å². The lowest BCUT2D eigenvalue weighted by atomic mass is 9.86. The van der Waals surface area contributed by atoms with Gasteiger partial charge in [-0.15, -0.1) is 0 Å². The first-order valence-electron chi connectivity index (χ1n) is 11.2. The van der Waals surface area contributed by atoms with Gasteiger partial charge in [0.15, 0.2) is 0 Å². The van der Waals surface area contributed by atoms with Crippen molar-refractivity contribution >= 4 is 33.5 Å². The summed E-state index contributed by atoms with van der Waals surface area (Å²) in [5, 5.41) is 2.98. The normalized spacial score (nSPS) is 14.5. The molecule has 5 aromatic carbocycles. The second kappa shape index (κ2) is 7.10. The molecule has 0 aliphatic heterocycles. The zero-order valence-electron chi connectivity index (χ0n) is 17.8. The number of para-hydroxylation sites is 1. The van der Waals surface area contributed by atoms with Crippen molar-refractivity contribution in [3.63, 3.8) is 0 Å². The second-order valence-corrected chi connectivity index (χ2v) is 9.09. The molecule has 0 bridgehead atoms. The van der Waals surface area contributed by atoms with Crippen LogP contribution in [0.1, 0.15) is 22.6 Å². The van der Waals surface area contributed by atoms with Gasteiger partial charge in [0.05, 0.1) is 0 Å². The Morgan fingerprint density at radius 2 is 1.30 bits per heavy atom. The first-order chi connectivity index (χ1) is 16.3. The number of halogens is 1. The Hall–Kier alpha value is -3.81. The number of furan rings is 1. The smallest absolute Gasteiger partial charge is 0.137 e. The molecule has 1 heterocycles. The molecule has 2 heteroatoms. The van der Waals surface area contributed by atoms with Crippen LogP contribution in [0, 0.1) is 0 Å². The molecular weight excluding hydrogens is 424 g/mol. The average Bonchev–Trinajstić information content (AvgIpc) is 3.39. The van der Waals surface area contributed by atoms with Crippen molar-refractivity contribution in [3.8, 4) is 22.3 Å². The fraction of sp³-hybridized carbons (Fsp3) is 0.0323. The molecule has 0 N–H and O–H groups in total. The van der Waals surface area contributed by atoms with E-state index in [-0.39, 0.29) is 5.92 Å². The minimum atomic E-state index is 0.100. The van der Waals surface area contributed by atoms with Crippen LogP contribution in [-0.4, -0.2) is 0 Å². The highest BCUT2D eigenvalue weighted by Gasteiger charge is 2.32. The molecule has 0 spiro atoms. The minimum absolute atomic E-state index is 0.100. The Morgan fingerprint density at radius 3 is 2.21 bits per heavy atom. The van der Waals surface area contributed by atoms with E-state index in [2.05, 4.69) is 91.0 Å². The van der Waals surface area contributed by atoms with Gasteiger partial charge in [-0.05, 0) is 57.1 Å². The van der Waals surface area contributed by atoms with Crippen molar-refractivity contribution in [2.45, 2.75) is 5.92 Å². The number of rotatable bonds is 2. The Bertz CT molecular complexity index is 1680. The van der Waals surface area contributed by atoms with Crippen LogP contribution >= 0.6 is 11.6 Å². The molecule has 1 aliphatic carbocycles. The zero-order chi connectivity index (χ0) is 21.9. The van der Waals surface area contributed by atoms with Crippen LogP contribution in [-0.2, 0) is 0 Å². The molecule has 1 nitrogen and oxygen atoms in total. The Kier molecular flexibility index (Phi) is 4.03. The molecule has 156 valence electrons. The van der Waals surface area contributed by atoms with Crippen molar-refractivity contribution in [1.82, 2.24) is 0 Å². The molecule has 33 heavy (non-hydrogen) atoms. The molecule has 6 aromatic rings. The van der Waals surface area contributed by atoms with Crippen molar-refractivity contribution in [1.29, 1.82) is 0 Å². The van der Waals surface area contributed by atoms with Crippen LogP contribution in [0.25, 0.3) is 44.2 Å². The molecule has 0 fully saturated rings. The Balaban J connectivity index is 1.53. The van der Waals surface area contributed by atoms with Gasteiger partial charge in [0.2, 0.25) is 0 Å². The van der Waals surface area contributed by atoms with Crippen LogP contribution in [0.15, 0.2) is 114 Å². The third-order valence-electron chi connectivity index (χ3n) is 6.82. The maximum Gasteiger partial charge on any atom is 0.137 e. The molecular formula is C31H19ClO. The van der Waals surface area contributed by atoms with Crippen LogP contribution in [0.4, 0.5) is 0 Å². The van der Waals surface area contributed by atoms with E-state index in [1.165, 1.54) is 38.9 Å². The lowest BCUT2D eigenvalue weighted by Gasteiger charge is -2.16. The molecule has 0 radical (unpaired) electrons. The lowest BCUT2D eigenvalue weighted by Crippen LogP contribution is -2.00. The summed E-state index contributed by atoms with van der Waals surface area (Å²) >= 11 is 6.63. The fourth-order valence-electron chi connectivity index (χ4n) is 5.43. The summed E-state index contributed by atoms with van der Waals surface area (Å²) in [6.07, 6.45) is 0. The van der Waals surface area contributed by atoms with E-state index in [1.54, 1.807) is 0 Å². The maximum absolute atomic E-state index is 6.63. The second-order valence-electron chi connectivity index (χ2n) is 8.65. The van der Waals surface area contributed by atoms with Crippen LogP contribution in [0.2, 0.25) is 5.02 Å². The predicted octanol–water partition coefficient (Wildman–Crippen LogP) is 9.07. The van der Waals surface area contributed by atoms with Crippen LogP contribution in [0.5, 0.6) is 0 Å². The van der Waals surface area contributed by atoms with Gasteiger partial charge in [-0.25, -0.2) is 0 Å². The first kappa shape index (κ1) is 18.7. The number of fused-ring (bicyclic) bond motifs is 6. The molecule has 1 aliphatic rings. The lowest BCUT2D eigenvalue weighted by molar-refractivity contribution is 0.668. The molecule has 0 amide bonds. The van der Waals surface area contributed by atoms with Gasteiger partial charge in [-0.1, -0.05) is 96.5 Å². The van der Waals surface area contributed by atoms with Crippen molar-refractivity contribution in [2.24, 2.45) is 0 Å². The average molecular weight is 443 g/mol. The maximum atomic E-state index is 6.63. The number of hydrogen-bond donors (Lipinski definition) is 0. The third-order valence-corrected chi connectivity index (χ3v) is 7.04. The zero-order valence-corrected chi connectivity index (χ0v) is 18.5. The summed E-state index contributed by atoms with van der Waals surface area (Å²) in [6.45, 7) is 0. The van der Waals surface area contributed by atoms with Gasteiger partial charge < -0.3 is 4.42 Å². The van der Waals surface area contributed by atoms with Gasteiger partial charge in [-0.2, -0.15) is 0 Å². The summed E-state index contributed by atoms with van der Waals surface area (Å²) in [7, 11) is 0. The van der Waals surface area contributed by atoms with Gasteiger partial charge >= 0.3 is 0 Å². The van der Waals surface area contributed by atoms with E-state index in [1.807, 2.05) is 18.2 Å². The predicted molar refractivity (Wildman–Crippen MR) is 137 cm³/mol. The van der Waals surface area contributed by atoms with E-state index in [0.29, 0.717) is 5.02 Å². The molecule has 0 saturated carbocycles.